The van der Waals surface area contributed by atoms with E-state index in [4.69, 9.17) is 0 Å². The summed E-state index contributed by atoms with van der Waals surface area (Å²) >= 11 is 0. The van der Waals surface area contributed by atoms with E-state index in [1.54, 1.807) is 11.0 Å². The van der Waals surface area contributed by atoms with Crippen LogP contribution in [0.2, 0.25) is 0 Å². The van der Waals surface area contributed by atoms with Crippen molar-refractivity contribution in [3.05, 3.63) is 40.4 Å². The van der Waals surface area contributed by atoms with Gasteiger partial charge in [-0.1, -0.05) is 12.1 Å². The third-order valence-corrected chi connectivity index (χ3v) is 5.40. The van der Waals surface area contributed by atoms with Gasteiger partial charge in [-0.3, -0.25) is 23.9 Å². The van der Waals surface area contributed by atoms with Gasteiger partial charge < -0.3 is 10.2 Å². The molecule has 1 aromatic carbocycles. The van der Waals surface area contributed by atoms with Crippen molar-refractivity contribution in [1.29, 1.82) is 0 Å². The first-order valence-electron chi connectivity index (χ1n) is 9.75. The van der Waals surface area contributed by atoms with E-state index in [9.17, 15) is 14.4 Å². The number of para-hydroxylation sites is 1. The van der Waals surface area contributed by atoms with Crippen molar-refractivity contribution in [2.75, 3.05) is 32.7 Å². The zero-order chi connectivity index (χ0) is 19.7. The fourth-order valence-corrected chi connectivity index (χ4v) is 3.56. The molecule has 0 atom stereocenters. The summed E-state index contributed by atoms with van der Waals surface area (Å²) in [6.07, 6.45) is 3.61. The Bertz CT molecular complexity index is 958. The van der Waals surface area contributed by atoms with E-state index >= 15 is 0 Å². The molecule has 2 aliphatic rings. The predicted octanol–water partition coefficient (Wildman–Crippen LogP) is 0.128. The van der Waals surface area contributed by atoms with E-state index in [2.05, 4.69) is 15.2 Å². The van der Waals surface area contributed by atoms with Gasteiger partial charge in [-0.2, -0.15) is 0 Å². The Hall–Kier alpha value is -2.74. The second kappa shape index (κ2) is 7.71. The van der Waals surface area contributed by atoms with E-state index in [1.165, 1.54) is 10.9 Å². The highest BCUT2D eigenvalue weighted by Gasteiger charge is 2.26. The van der Waals surface area contributed by atoms with Crippen LogP contribution in [0, 0.1) is 6.92 Å². The SMILES string of the molecule is Cc1cccc2c(=O)n(CC(=O)N3CCN(CC(=O)NC4CC4)CC3)cnc12. The number of aromatic nitrogens is 2. The molecule has 0 bridgehead atoms. The van der Waals surface area contributed by atoms with Crippen molar-refractivity contribution in [3.8, 4) is 0 Å². The van der Waals surface area contributed by atoms with Crippen LogP contribution in [0.15, 0.2) is 29.3 Å². The number of nitrogens with zero attached hydrogens (tertiary/aromatic N) is 4. The molecule has 8 heteroatoms. The largest absolute Gasteiger partial charge is 0.352 e. The number of aryl methyl sites for hydroxylation is 1. The minimum atomic E-state index is -0.197. The molecule has 0 spiro atoms. The van der Waals surface area contributed by atoms with Crippen molar-refractivity contribution in [3.63, 3.8) is 0 Å². The molecule has 2 amide bonds. The Kier molecular flexibility index (Phi) is 5.13. The molecular weight excluding hydrogens is 358 g/mol. The van der Waals surface area contributed by atoms with E-state index in [-0.39, 0.29) is 23.9 Å². The number of carbonyl (C=O) groups is 2. The van der Waals surface area contributed by atoms with Crippen LogP contribution in [0.4, 0.5) is 0 Å². The number of fused-ring (bicyclic) bond motifs is 1. The summed E-state index contributed by atoms with van der Waals surface area (Å²) in [6.45, 7) is 4.72. The van der Waals surface area contributed by atoms with Gasteiger partial charge in [0.15, 0.2) is 0 Å². The summed E-state index contributed by atoms with van der Waals surface area (Å²) in [7, 11) is 0. The molecule has 1 saturated heterocycles. The van der Waals surface area contributed by atoms with Crippen LogP contribution in [0.1, 0.15) is 18.4 Å². The summed E-state index contributed by atoms with van der Waals surface area (Å²) in [5.74, 6) is -0.0376. The maximum atomic E-state index is 12.7. The highest BCUT2D eigenvalue weighted by molar-refractivity contribution is 5.81. The highest BCUT2D eigenvalue weighted by Crippen LogP contribution is 2.18. The van der Waals surface area contributed by atoms with Crippen LogP contribution in [0.3, 0.4) is 0 Å². The minimum absolute atomic E-state index is 0.0160. The van der Waals surface area contributed by atoms with Crippen LogP contribution >= 0.6 is 0 Å². The first-order valence-corrected chi connectivity index (χ1v) is 9.75. The number of hydrogen-bond donors (Lipinski definition) is 1. The lowest BCUT2D eigenvalue weighted by Gasteiger charge is -2.34. The van der Waals surface area contributed by atoms with Gasteiger partial charge in [0.2, 0.25) is 11.8 Å². The Balaban J connectivity index is 1.34. The zero-order valence-electron chi connectivity index (χ0n) is 16.1. The standard InChI is InChI=1S/C20H25N5O3/c1-14-3-2-4-16-19(14)21-13-25(20(16)28)12-18(27)24-9-7-23(8-10-24)11-17(26)22-15-5-6-15/h2-4,13,15H,5-12H2,1H3,(H,22,26). The monoisotopic (exact) mass is 383 g/mol. The number of hydrogen-bond acceptors (Lipinski definition) is 5. The van der Waals surface area contributed by atoms with Gasteiger partial charge in [0, 0.05) is 32.2 Å². The highest BCUT2D eigenvalue weighted by atomic mass is 16.2. The van der Waals surface area contributed by atoms with Gasteiger partial charge in [0.25, 0.3) is 5.56 Å². The summed E-state index contributed by atoms with van der Waals surface area (Å²) in [5, 5.41) is 3.52. The second-order valence-electron chi connectivity index (χ2n) is 7.65. The van der Waals surface area contributed by atoms with Gasteiger partial charge in [0.05, 0.1) is 23.8 Å². The fraction of sp³-hybridized carbons (Fsp3) is 0.500. The quantitative estimate of drug-likeness (QED) is 0.793. The van der Waals surface area contributed by atoms with Gasteiger partial charge in [0.1, 0.15) is 6.54 Å². The van der Waals surface area contributed by atoms with Crippen LogP contribution in [-0.2, 0) is 16.1 Å². The maximum Gasteiger partial charge on any atom is 0.261 e. The molecule has 1 aliphatic heterocycles. The summed E-state index contributed by atoms with van der Waals surface area (Å²) in [5.41, 5.74) is 1.42. The average Bonchev–Trinajstić information content (AvgIpc) is 3.49. The van der Waals surface area contributed by atoms with Crippen molar-refractivity contribution in [2.24, 2.45) is 0 Å². The average molecular weight is 383 g/mol. The molecule has 2 heterocycles. The first-order chi connectivity index (χ1) is 13.5. The number of carbonyl (C=O) groups excluding carboxylic acids is 2. The van der Waals surface area contributed by atoms with E-state index < -0.39 is 0 Å². The van der Waals surface area contributed by atoms with Gasteiger partial charge >= 0.3 is 0 Å². The topological polar surface area (TPSA) is 87.5 Å². The predicted molar refractivity (Wildman–Crippen MR) is 105 cm³/mol. The summed E-state index contributed by atoms with van der Waals surface area (Å²) in [6, 6.07) is 5.85. The Morgan fingerprint density at radius 1 is 1.14 bits per heavy atom. The molecule has 1 aliphatic carbocycles. The lowest BCUT2D eigenvalue weighted by molar-refractivity contribution is -0.134. The molecule has 2 fully saturated rings. The molecule has 0 radical (unpaired) electrons. The van der Waals surface area contributed by atoms with E-state index in [0.29, 0.717) is 49.7 Å². The molecule has 1 aromatic heterocycles. The Morgan fingerprint density at radius 3 is 2.61 bits per heavy atom. The lowest BCUT2D eigenvalue weighted by atomic mass is 10.1. The van der Waals surface area contributed by atoms with Crippen molar-refractivity contribution < 1.29 is 9.59 Å². The lowest BCUT2D eigenvalue weighted by Crippen LogP contribution is -2.52. The van der Waals surface area contributed by atoms with Crippen LogP contribution in [0.5, 0.6) is 0 Å². The molecule has 2 aromatic rings. The number of piperazine rings is 1. The number of amides is 2. The number of benzene rings is 1. The smallest absolute Gasteiger partial charge is 0.261 e. The molecule has 8 nitrogen and oxygen atoms in total. The molecule has 0 unspecified atom stereocenters. The summed E-state index contributed by atoms with van der Waals surface area (Å²) in [4.78, 5) is 45.4. The van der Waals surface area contributed by atoms with Crippen LogP contribution in [-0.4, -0.2) is 69.9 Å². The molecular formula is C20H25N5O3. The number of rotatable bonds is 5. The van der Waals surface area contributed by atoms with Gasteiger partial charge in [-0.15, -0.1) is 0 Å². The number of nitrogens with one attached hydrogen (secondary N) is 1. The molecule has 1 N–H and O–H groups in total. The third-order valence-electron chi connectivity index (χ3n) is 5.40. The van der Waals surface area contributed by atoms with Gasteiger partial charge in [-0.25, -0.2) is 4.98 Å². The van der Waals surface area contributed by atoms with Crippen molar-refractivity contribution in [2.45, 2.75) is 32.4 Å². The molecule has 148 valence electrons. The second-order valence-corrected chi connectivity index (χ2v) is 7.65. The van der Waals surface area contributed by atoms with E-state index in [1.807, 2.05) is 19.1 Å². The first kappa shape index (κ1) is 18.6. The van der Waals surface area contributed by atoms with Gasteiger partial charge in [-0.05, 0) is 31.4 Å². The van der Waals surface area contributed by atoms with Crippen molar-refractivity contribution in [1.82, 2.24) is 24.7 Å². The molecule has 1 saturated carbocycles. The minimum Gasteiger partial charge on any atom is -0.352 e. The van der Waals surface area contributed by atoms with Crippen LogP contribution in [0.25, 0.3) is 10.9 Å². The molecule has 28 heavy (non-hydrogen) atoms. The Labute approximate surface area is 163 Å². The fourth-order valence-electron chi connectivity index (χ4n) is 3.56. The van der Waals surface area contributed by atoms with Crippen LogP contribution < -0.4 is 10.9 Å². The third kappa shape index (κ3) is 4.06. The normalized spacial score (nSPS) is 17.7. The zero-order valence-corrected chi connectivity index (χ0v) is 16.1. The van der Waals surface area contributed by atoms with E-state index in [0.717, 1.165) is 18.4 Å². The maximum absolute atomic E-state index is 12.7. The van der Waals surface area contributed by atoms with Crippen molar-refractivity contribution >= 4 is 22.7 Å². The summed E-state index contributed by atoms with van der Waals surface area (Å²) < 4.78 is 1.37. The Morgan fingerprint density at radius 2 is 1.89 bits per heavy atom. The molecule has 4 rings (SSSR count).